The predicted octanol–water partition coefficient (Wildman–Crippen LogP) is 3.89. The van der Waals surface area contributed by atoms with Crippen LogP contribution in [0.15, 0.2) is 18.2 Å². The lowest BCUT2D eigenvalue weighted by atomic mass is 9.70. The van der Waals surface area contributed by atoms with Crippen molar-refractivity contribution in [1.29, 1.82) is 0 Å². The molecule has 0 heterocycles. The normalized spacial score (nSPS) is 13.2. The fourth-order valence-electron chi connectivity index (χ4n) is 1.84. The van der Waals surface area contributed by atoms with Gasteiger partial charge < -0.3 is 15.2 Å². The molecule has 0 saturated carbocycles. The summed E-state index contributed by atoms with van der Waals surface area (Å²) < 4.78 is 11.4. The largest absolute Gasteiger partial charge is 0.493 e. The molecule has 0 aliphatic carbocycles. The number of hydrogen-bond donors (Lipinski definition) is 1. The Morgan fingerprint density at radius 1 is 0.900 bits per heavy atom. The fourth-order valence-corrected chi connectivity index (χ4v) is 1.84. The summed E-state index contributed by atoms with van der Waals surface area (Å²) in [5.41, 5.74) is 6.70. The Morgan fingerprint density at radius 3 is 1.85 bits per heavy atom. The van der Waals surface area contributed by atoms with Crippen LogP contribution in [0.4, 0.5) is 0 Å². The highest BCUT2D eigenvalue weighted by molar-refractivity contribution is 5.46. The molecule has 0 amide bonds. The number of hydrogen-bond acceptors (Lipinski definition) is 3. The van der Waals surface area contributed by atoms with Crippen LogP contribution in [0.2, 0.25) is 0 Å². The molecule has 20 heavy (non-hydrogen) atoms. The minimum atomic E-state index is -0.329. The van der Waals surface area contributed by atoms with Gasteiger partial charge in [0.25, 0.3) is 0 Å². The van der Waals surface area contributed by atoms with Crippen LogP contribution < -0.4 is 15.2 Å². The summed E-state index contributed by atoms with van der Waals surface area (Å²) >= 11 is 0. The van der Waals surface area contributed by atoms with E-state index < -0.39 is 0 Å². The lowest BCUT2D eigenvalue weighted by Gasteiger charge is -2.39. The van der Waals surface area contributed by atoms with E-state index in [1.807, 2.05) is 46.8 Å². The molecule has 0 aliphatic rings. The first-order valence-corrected chi connectivity index (χ1v) is 7.05. The average molecular weight is 279 g/mol. The quantitative estimate of drug-likeness (QED) is 0.909. The molecule has 3 nitrogen and oxygen atoms in total. The van der Waals surface area contributed by atoms with Gasteiger partial charge >= 0.3 is 0 Å². The Bertz CT molecular complexity index is 465. The first-order valence-electron chi connectivity index (χ1n) is 7.05. The van der Waals surface area contributed by atoms with E-state index in [4.69, 9.17) is 15.2 Å². The summed E-state index contributed by atoms with van der Waals surface area (Å²) in [7, 11) is 1.66. The van der Waals surface area contributed by atoms with E-state index in [1.54, 1.807) is 7.11 Å². The Labute approximate surface area is 123 Å². The van der Waals surface area contributed by atoms with Gasteiger partial charge in [-0.3, -0.25) is 0 Å². The van der Waals surface area contributed by atoms with Crippen LogP contribution in [0.25, 0.3) is 0 Å². The first-order chi connectivity index (χ1) is 8.88. The van der Waals surface area contributed by atoms with Crippen molar-refractivity contribution in [1.82, 2.24) is 0 Å². The molecule has 3 heteroatoms. The van der Waals surface area contributed by atoms with Crippen molar-refractivity contribution in [2.75, 3.05) is 7.11 Å². The monoisotopic (exact) mass is 279 g/mol. The van der Waals surface area contributed by atoms with Crippen molar-refractivity contribution in [2.45, 2.75) is 65.0 Å². The molecule has 0 radical (unpaired) electrons. The lowest BCUT2D eigenvalue weighted by Crippen LogP contribution is -2.50. The topological polar surface area (TPSA) is 44.5 Å². The van der Waals surface area contributed by atoms with Gasteiger partial charge in [-0.25, -0.2) is 0 Å². The van der Waals surface area contributed by atoms with Crippen LogP contribution in [0.1, 0.15) is 54.0 Å². The van der Waals surface area contributed by atoms with Gasteiger partial charge in [0.1, 0.15) is 5.60 Å². The summed E-state index contributed by atoms with van der Waals surface area (Å²) in [6, 6.07) is 6.06. The van der Waals surface area contributed by atoms with Crippen molar-refractivity contribution in [2.24, 2.45) is 5.73 Å². The first kappa shape index (κ1) is 16.8. The standard InChI is InChI=1S/C17H29NO2/c1-15(2,3)20-13-10-9-12(11-14(13)19-8)16(4,5)17(6,7)18/h9-11H,18H2,1-8H3. The zero-order chi connectivity index (χ0) is 15.8. The Kier molecular flexibility index (Phi) is 4.45. The van der Waals surface area contributed by atoms with Crippen LogP contribution in [-0.2, 0) is 5.41 Å². The van der Waals surface area contributed by atoms with E-state index in [0.29, 0.717) is 0 Å². The Hall–Kier alpha value is -1.22. The third-order valence-corrected chi connectivity index (χ3v) is 3.91. The van der Waals surface area contributed by atoms with Crippen LogP contribution in [0.5, 0.6) is 11.5 Å². The third-order valence-electron chi connectivity index (χ3n) is 3.91. The van der Waals surface area contributed by atoms with E-state index >= 15 is 0 Å². The zero-order valence-corrected chi connectivity index (χ0v) is 14.1. The molecule has 114 valence electrons. The maximum atomic E-state index is 6.30. The van der Waals surface area contributed by atoms with Gasteiger partial charge in [0, 0.05) is 11.0 Å². The number of benzene rings is 1. The summed E-state index contributed by atoms with van der Waals surface area (Å²) in [6.45, 7) is 14.4. The summed E-state index contributed by atoms with van der Waals surface area (Å²) in [4.78, 5) is 0. The van der Waals surface area contributed by atoms with Gasteiger partial charge in [0.15, 0.2) is 11.5 Å². The Balaban J connectivity index is 3.23. The molecule has 1 rings (SSSR count). The van der Waals surface area contributed by atoms with Gasteiger partial charge in [-0.05, 0) is 52.3 Å². The molecule has 1 aromatic carbocycles. The average Bonchev–Trinajstić information content (AvgIpc) is 2.25. The van der Waals surface area contributed by atoms with Crippen LogP contribution in [-0.4, -0.2) is 18.2 Å². The summed E-state index contributed by atoms with van der Waals surface area (Å²) in [5.74, 6) is 1.50. The zero-order valence-electron chi connectivity index (χ0n) is 14.1. The van der Waals surface area contributed by atoms with Crippen LogP contribution in [0.3, 0.4) is 0 Å². The lowest BCUT2D eigenvalue weighted by molar-refractivity contribution is 0.125. The highest BCUT2D eigenvalue weighted by atomic mass is 16.5. The molecule has 0 bridgehead atoms. The van der Waals surface area contributed by atoms with Crippen molar-refractivity contribution in [3.05, 3.63) is 23.8 Å². The number of methoxy groups -OCH3 is 1. The maximum Gasteiger partial charge on any atom is 0.161 e. The molecule has 0 spiro atoms. The van der Waals surface area contributed by atoms with Crippen molar-refractivity contribution in [3.8, 4) is 11.5 Å². The second-order valence-corrected chi connectivity index (χ2v) is 7.43. The molecule has 0 fully saturated rings. The molecule has 0 aliphatic heterocycles. The molecule has 0 unspecified atom stereocenters. The fraction of sp³-hybridized carbons (Fsp3) is 0.647. The van der Waals surface area contributed by atoms with E-state index in [2.05, 4.69) is 19.9 Å². The van der Waals surface area contributed by atoms with E-state index in [0.717, 1.165) is 17.1 Å². The minimum absolute atomic E-state index is 0.166. The van der Waals surface area contributed by atoms with Gasteiger partial charge in [0.05, 0.1) is 7.11 Å². The van der Waals surface area contributed by atoms with Gasteiger partial charge in [-0.2, -0.15) is 0 Å². The smallest absolute Gasteiger partial charge is 0.161 e. The number of rotatable bonds is 4. The predicted molar refractivity (Wildman–Crippen MR) is 84.7 cm³/mol. The highest BCUT2D eigenvalue weighted by Crippen LogP contribution is 2.38. The second kappa shape index (κ2) is 5.28. The molecule has 0 atom stereocenters. The SMILES string of the molecule is COc1cc(C(C)(C)C(C)(C)N)ccc1OC(C)(C)C. The van der Waals surface area contributed by atoms with Gasteiger partial charge in [-0.1, -0.05) is 19.9 Å². The maximum absolute atomic E-state index is 6.30. The van der Waals surface area contributed by atoms with E-state index in [1.165, 1.54) is 0 Å². The third kappa shape index (κ3) is 3.66. The Morgan fingerprint density at radius 2 is 1.45 bits per heavy atom. The summed E-state index contributed by atoms with van der Waals surface area (Å²) in [6.07, 6.45) is 0. The molecular weight excluding hydrogens is 250 g/mol. The van der Waals surface area contributed by atoms with Crippen LogP contribution in [0, 0.1) is 0 Å². The molecule has 1 aromatic rings. The molecule has 2 N–H and O–H groups in total. The molecule has 0 aromatic heterocycles. The summed E-state index contributed by atoms with van der Waals surface area (Å²) in [5, 5.41) is 0. The van der Waals surface area contributed by atoms with Gasteiger partial charge in [0.2, 0.25) is 0 Å². The van der Waals surface area contributed by atoms with Crippen molar-refractivity contribution < 1.29 is 9.47 Å². The van der Waals surface area contributed by atoms with E-state index in [9.17, 15) is 0 Å². The highest BCUT2D eigenvalue weighted by Gasteiger charge is 2.35. The van der Waals surface area contributed by atoms with E-state index in [-0.39, 0.29) is 16.6 Å². The molecule has 0 saturated heterocycles. The second-order valence-electron chi connectivity index (χ2n) is 7.43. The van der Waals surface area contributed by atoms with Crippen molar-refractivity contribution >= 4 is 0 Å². The van der Waals surface area contributed by atoms with Gasteiger partial charge in [-0.15, -0.1) is 0 Å². The number of ether oxygens (including phenoxy) is 2. The minimum Gasteiger partial charge on any atom is -0.493 e. The number of nitrogens with two attached hydrogens (primary N) is 1. The van der Waals surface area contributed by atoms with Crippen LogP contribution >= 0.6 is 0 Å². The van der Waals surface area contributed by atoms with Crippen molar-refractivity contribution in [3.63, 3.8) is 0 Å². The molecular formula is C17H29NO2.